The van der Waals surface area contributed by atoms with Crippen LogP contribution in [0.4, 0.5) is 15.8 Å². The van der Waals surface area contributed by atoms with Gasteiger partial charge in [0.05, 0.1) is 5.41 Å². The Labute approximate surface area is 145 Å². The third-order valence-electron chi connectivity index (χ3n) is 4.92. The van der Waals surface area contributed by atoms with Crippen LogP contribution in [-0.4, -0.2) is 11.8 Å². The molecule has 2 aliphatic rings. The molecule has 25 heavy (non-hydrogen) atoms. The van der Waals surface area contributed by atoms with Gasteiger partial charge in [0.1, 0.15) is 5.82 Å². The number of nitrogens with one attached hydrogen (secondary N) is 2. The molecule has 2 aromatic carbocycles. The molecular weight excluding hydrogens is 319 g/mol. The second-order valence-electron chi connectivity index (χ2n) is 6.89. The molecule has 4 nitrogen and oxygen atoms in total. The van der Waals surface area contributed by atoms with Gasteiger partial charge in [-0.2, -0.15) is 0 Å². The number of hydrogen-bond donors (Lipinski definition) is 2. The minimum Gasteiger partial charge on any atom is -0.326 e. The van der Waals surface area contributed by atoms with Gasteiger partial charge in [-0.15, -0.1) is 0 Å². The third-order valence-corrected chi connectivity index (χ3v) is 4.92. The maximum Gasteiger partial charge on any atom is 0.235 e. The molecule has 2 saturated carbocycles. The topological polar surface area (TPSA) is 58.2 Å². The van der Waals surface area contributed by atoms with Gasteiger partial charge in [0.15, 0.2) is 0 Å². The monoisotopic (exact) mass is 338 g/mol. The number of carbonyl (C=O) groups is 2. The van der Waals surface area contributed by atoms with Crippen molar-refractivity contribution >= 4 is 23.2 Å². The highest BCUT2D eigenvalue weighted by atomic mass is 19.1. The molecule has 0 atom stereocenters. The lowest BCUT2D eigenvalue weighted by molar-refractivity contribution is -0.118. The number of hydrogen-bond acceptors (Lipinski definition) is 2. The molecule has 0 saturated heterocycles. The summed E-state index contributed by atoms with van der Waals surface area (Å²) in [4.78, 5) is 24.6. The maximum absolute atomic E-state index is 13.1. The van der Waals surface area contributed by atoms with Crippen molar-refractivity contribution in [2.75, 3.05) is 10.6 Å². The van der Waals surface area contributed by atoms with Crippen LogP contribution in [0, 0.1) is 11.7 Å². The van der Waals surface area contributed by atoms with E-state index in [9.17, 15) is 14.0 Å². The van der Waals surface area contributed by atoms with Crippen molar-refractivity contribution in [3.63, 3.8) is 0 Å². The van der Waals surface area contributed by atoms with Crippen molar-refractivity contribution in [2.45, 2.75) is 31.1 Å². The summed E-state index contributed by atoms with van der Waals surface area (Å²) in [5.41, 5.74) is 1.60. The van der Waals surface area contributed by atoms with Crippen LogP contribution >= 0.6 is 0 Å². The predicted octanol–water partition coefficient (Wildman–Crippen LogP) is 3.84. The smallest absolute Gasteiger partial charge is 0.235 e. The zero-order valence-electron chi connectivity index (χ0n) is 13.7. The fourth-order valence-electron chi connectivity index (χ4n) is 3.06. The normalized spacial score (nSPS) is 17.6. The first-order valence-electron chi connectivity index (χ1n) is 8.55. The molecule has 0 radical (unpaired) electrons. The van der Waals surface area contributed by atoms with Crippen molar-refractivity contribution in [1.82, 2.24) is 0 Å². The Hall–Kier alpha value is -2.69. The average molecular weight is 338 g/mol. The molecule has 0 unspecified atom stereocenters. The minimum absolute atomic E-state index is 0.0356. The quantitative estimate of drug-likeness (QED) is 0.870. The Balaban J connectivity index is 1.47. The average Bonchev–Trinajstić information content (AvgIpc) is 3.48. The molecule has 0 spiro atoms. The summed E-state index contributed by atoms with van der Waals surface area (Å²) in [5.74, 6) is -0.233. The molecule has 2 amide bonds. The van der Waals surface area contributed by atoms with Gasteiger partial charge in [-0.1, -0.05) is 18.2 Å². The van der Waals surface area contributed by atoms with Gasteiger partial charge in [-0.3, -0.25) is 9.59 Å². The highest BCUT2D eigenvalue weighted by Crippen LogP contribution is 2.49. The van der Waals surface area contributed by atoms with Gasteiger partial charge < -0.3 is 10.6 Å². The molecule has 0 aromatic heterocycles. The van der Waals surface area contributed by atoms with Gasteiger partial charge in [0, 0.05) is 17.3 Å². The van der Waals surface area contributed by atoms with Crippen LogP contribution in [0.25, 0.3) is 0 Å². The van der Waals surface area contributed by atoms with E-state index in [1.807, 2.05) is 6.07 Å². The summed E-state index contributed by atoms with van der Waals surface area (Å²) >= 11 is 0. The molecule has 0 aliphatic heterocycles. The van der Waals surface area contributed by atoms with Crippen LogP contribution in [-0.2, 0) is 15.0 Å². The van der Waals surface area contributed by atoms with E-state index in [1.165, 1.54) is 12.1 Å². The second-order valence-corrected chi connectivity index (χ2v) is 6.89. The lowest BCUT2D eigenvalue weighted by Gasteiger charge is -2.16. The van der Waals surface area contributed by atoms with E-state index >= 15 is 0 Å². The molecule has 2 aromatic rings. The maximum atomic E-state index is 13.1. The van der Waals surface area contributed by atoms with E-state index in [0.717, 1.165) is 31.2 Å². The first-order valence-corrected chi connectivity index (χ1v) is 8.55. The zero-order valence-corrected chi connectivity index (χ0v) is 13.7. The van der Waals surface area contributed by atoms with Gasteiger partial charge in [0.2, 0.25) is 11.8 Å². The fraction of sp³-hybridized carbons (Fsp3) is 0.300. The van der Waals surface area contributed by atoms with Gasteiger partial charge in [0.25, 0.3) is 0 Å². The van der Waals surface area contributed by atoms with E-state index < -0.39 is 5.41 Å². The van der Waals surface area contributed by atoms with Crippen LogP contribution in [0.15, 0.2) is 48.5 Å². The minimum atomic E-state index is -0.568. The van der Waals surface area contributed by atoms with Gasteiger partial charge in [-0.25, -0.2) is 4.39 Å². The van der Waals surface area contributed by atoms with Crippen LogP contribution in [0.5, 0.6) is 0 Å². The molecule has 0 heterocycles. The summed E-state index contributed by atoms with van der Waals surface area (Å²) < 4.78 is 13.1. The van der Waals surface area contributed by atoms with Crippen molar-refractivity contribution < 1.29 is 14.0 Å². The largest absolute Gasteiger partial charge is 0.326 e. The van der Waals surface area contributed by atoms with E-state index in [0.29, 0.717) is 11.4 Å². The van der Waals surface area contributed by atoms with Crippen LogP contribution < -0.4 is 10.6 Å². The van der Waals surface area contributed by atoms with Gasteiger partial charge in [-0.05, 0) is 61.6 Å². The molecule has 128 valence electrons. The summed E-state index contributed by atoms with van der Waals surface area (Å²) in [5, 5.41) is 5.81. The standard InChI is InChI=1S/C20H19FN2O2/c21-15-8-6-14(7-9-15)20(10-11-20)19(25)23-17-3-1-2-16(12-17)22-18(24)13-4-5-13/h1-3,6-9,12-13H,4-5,10-11H2,(H,22,24)(H,23,25). The first-order chi connectivity index (χ1) is 12.1. The van der Waals surface area contributed by atoms with E-state index in [4.69, 9.17) is 0 Å². The number of amides is 2. The van der Waals surface area contributed by atoms with Crippen molar-refractivity contribution in [1.29, 1.82) is 0 Å². The van der Waals surface area contributed by atoms with Crippen molar-refractivity contribution in [3.8, 4) is 0 Å². The predicted molar refractivity (Wildman–Crippen MR) is 93.7 cm³/mol. The Kier molecular flexibility index (Phi) is 3.79. The van der Waals surface area contributed by atoms with Crippen molar-refractivity contribution in [2.24, 2.45) is 5.92 Å². The number of halogens is 1. The number of carbonyl (C=O) groups excluding carboxylic acids is 2. The lowest BCUT2D eigenvalue weighted by Crippen LogP contribution is -2.27. The highest BCUT2D eigenvalue weighted by Gasteiger charge is 2.51. The van der Waals surface area contributed by atoms with Crippen LogP contribution in [0.1, 0.15) is 31.2 Å². The van der Waals surface area contributed by atoms with E-state index in [-0.39, 0.29) is 23.5 Å². The van der Waals surface area contributed by atoms with Gasteiger partial charge >= 0.3 is 0 Å². The number of benzene rings is 2. The van der Waals surface area contributed by atoms with Crippen LogP contribution in [0.2, 0.25) is 0 Å². The lowest BCUT2D eigenvalue weighted by atomic mass is 9.95. The Morgan fingerprint density at radius 1 is 0.960 bits per heavy atom. The fourth-order valence-corrected chi connectivity index (χ4v) is 3.06. The molecule has 2 aliphatic carbocycles. The molecule has 5 heteroatoms. The van der Waals surface area contributed by atoms with E-state index in [1.54, 1.807) is 30.3 Å². The van der Waals surface area contributed by atoms with Crippen LogP contribution in [0.3, 0.4) is 0 Å². The second kappa shape index (κ2) is 5.99. The Bertz CT molecular complexity index is 824. The molecule has 2 N–H and O–H groups in total. The Morgan fingerprint density at radius 3 is 2.20 bits per heavy atom. The highest BCUT2D eigenvalue weighted by molar-refractivity contribution is 6.02. The SMILES string of the molecule is O=C(Nc1cccc(NC(=O)C2(c3ccc(F)cc3)CC2)c1)C1CC1. The van der Waals surface area contributed by atoms with Crippen molar-refractivity contribution in [3.05, 3.63) is 59.9 Å². The first kappa shape index (κ1) is 15.8. The summed E-state index contributed by atoms with van der Waals surface area (Å²) in [6.45, 7) is 0. The molecular formula is C20H19FN2O2. The molecule has 0 bridgehead atoms. The number of rotatable bonds is 5. The Morgan fingerprint density at radius 2 is 1.60 bits per heavy atom. The molecule has 4 rings (SSSR count). The summed E-state index contributed by atoms with van der Waals surface area (Å²) in [6, 6.07) is 13.3. The zero-order chi connectivity index (χ0) is 17.4. The third kappa shape index (κ3) is 3.27. The summed E-state index contributed by atoms with van der Waals surface area (Å²) in [6.07, 6.45) is 3.40. The summed E-state index contributed by atoms with van der Waals surface area (Å²) in [7, 11) is 0. The van der Waals surface area contributed by atoms with E-state index in [2.05, 4.69) is 10.6 Å². The molecule has 2 fully saturated rings. The number of anilines is 2.